The number of ether oxygens (including phenoxy) is 1. The topological polar surface area (TPSA) is 67.4 Å². The van der Waals surface area contributed by atoms with Crippen LogP contribution in [0, 0.1) is 12.7 Å². The highest BCUT2D eigenvalue weighted by Gasteiger charge is 2.28. The molecule has 0 fully saturated rings. The quantitative estimate of drug-likeness (QED) is 0.697. The number of amides is 2. The van der Waals surface area contributed by atoms with E-state index in [0.29, 0.717) is 23.4 Å². The highest BCUT2D eigenvalue weighted by atomic mass is 19.1. The number of carbonyl (C=O) groups is 2. The Morgan fingerprint density at radius 2 is 1.83 bits per heavy atom. The van der Waals surface area contributed by atoms with E-state index < -0.39 is 17.8 Å². The zero-order valence-corrected chi connectivity index (χ0v) is 15.7. The second kappa shape index (κ2) is 7.75. The molecular weight excluding hydrogens is 371 g/mol. The molecule has 0 saturated heterocycles. The van der Waals surface area contributed by atoms with Gasteiger partial charge in [-0.05, 0) is 54.4 Å². The van der Waals surface area contributed by atoms with Crippen LogP contribution in [0.15, 0.2) is 66.7 Å². The van der Waals surface area contributed by atoms with Crippen LogP contribution in [0.4, 0.5) is 15.8 Å². The first-order valence-electron chi connectivity index (χ1n) is 9.22. The van der Waals surface area contributed by atoms with Crippen molar-refractivity contribution in [2.24, 2.45) is 0 Å². The first kappa shape index (κ1) is 18.7. The molecule has 1 aliphatic rings. The number of fused-ring (bicyclic) bond motifs is 1. The number of hydrogen-bond donors (Lipinski definition) is 2. The van der Waals surface area contributed by atoms with Gasteiger partial charge in [-0.15, -0.1) is 0 Å². The van der Waals surface area contributed by atoms with Crippen molar-refractivity contribution < 1.29 is 18.7 Å². The molecule has 2 N–H and O–H groups in total. The maximum Gasteiger partial charge on any atom is 0.265 e. The van der Waals surface area contributed by atoms with E-state index in [9.17, 15) is 14.0 Å². The van der Waals surface area contributed by atoms with Gasteiger partial charge in [0.05, 0.1) is 5.69 Å². The molecular formula is C23H19FN2O3. The number of para-hydroxylation sites is 1. The Morgan fingerprint density at radius 3 is 2.66 bits per heavy atom. The van der Waals surface area contributed by atoms with E-state index in [2.05, 4.69) is 10.6 Å². The molecule has 4 rings (SSSR count). The zero-order chi connectivity index (χ0) is 20.4. The lowest BCUT2D eigenvalue weighted by atomic mass is 10.1. The van der Waals surface area contributed by atoms with Crippen LogP contribution in [-0.2, 0) is 11.2 Å². The van der Waals surface area contributed by atoms with Crippen LogP contribution in [-0.4, -0.2) is 17.9 Å². The minimum Gasteiger partial charge on any atom is -0.480 e. The van der Waals surface area contributed by atoms with Gasteiger partial charge >= 0.3 is 0 Å². The third-order valence-electron chi connectivity index (χ3n) is 4.70. The number of rotatable bonds is 4. The van der Waals surface area contributed by atoms with Crippen LogP contribution in [0.25, 0.3) is 0 Å². The lowest BCUT2D eigenvalue weighted by molar-refractivity contribution is -0.122. The molecule has 3 aromatic carbocycles. The Morgan fingerprint density at radius 1 is 1.00 bits per heavy atom. The molecule has 0 bridgehead atoms. The molecule has 5 nitrogen and oxygen atoms in total. The monoisotopic (exact) mass is 390 g/mol. The fraction of sp³-hybridized carbons (Fsp3) is 0.130. The molecule has 1 atom stereocenters. The maximum atomic E-state index is 13.9. The van der Waals surface area contributed by atoms with E-state index in [-0.39, 0.29) is 11.6 Å². The minimum atomic E-state index is -0.619. The summed E-state index contributed by atoms with van der Waals surface area (Å²) in [5.41, 5.74) is 2.70. The molecule has 1 aliphatic heterocycles. The van der Waals surface area contributed by atoms with Gasteiger partial charge in [0, 0.05) is 17.7 Å². The number of hydrogen-bond acceptors (Lipinski definition) is 3. The van der Waals surface area contributed by atoms with Crippen LogP contribution in [0.5, 0.6) is 5.75 Å². The van der Waals surface area contributed by atoms with E-state index in [0.717, 1.165) is 11.1 Å². The molecule has 2 amide bonds. The predicted molar refractivity (Wildman–Crippen MR) is 109 cm³/mol. The summed E-state index contributed by atoms with van der Waals surface area (Å²) in [6, 6.07) is 18.5. The lowest BCUT2D eigenvalue weighted by Crippen LogP contribution is -2.31. The van der Waals surface area contributed by atoms with Crippen molar-refractivity contribution in [2.75, 3.05) is 10.6 Å². The zero-order valence-electron chi connectivity index (χ0n) is 15.7. The second-order valence-corrected chi connectivity index (χ2v) is 6.93. The highest BCUT2D eigenvalue weighted by molar-refractivity contribution is 6.05. The average molecular weight is 390 g/mol. The number of halogens is 1. The van der Waals surface area contributed by atoms with Crippen LogP contribution >= 0.6 is 0 Å². The third-order valence-corrected chi connectivity index (χ3v) is 4.70. The van der Waals surface area contributed by atoms with Crippen molar-refractivity contribution in [3.05, 3.63) is 89.2 Å². The van der Waals surface area contributed by atoms with Crippen molar-refractivity contribution in [1.29, 1.82) is 0 Å². The molecule has 0 spiro atoms. The number of aryl methyl sites for hydroxylation is 1. The summed E-state index contributed by atoms with van der Waals surface area (Å²) < 4.78 is 19.6. The summed E-state index contributed by atoms with van der Waals surface area (Å²) in [4.78, 5) is 25.1. The lowest BCUT2D eigenvalue weighted by Gasteiger charge is -2.12. The second-order valence-electron chi connectivity index (χ2n) is 6.93. The van der Waals surface area contributed by atoms with Gasteiger partial charge in [-0.2, -0.15) is 0 Å². The molecule has 0 aliphatic carbocycles. The van der Waals surface area contributed by atoms with E-state index in [4.69, 9.17) is 4.74 Å². The van der Waals surface area contributed by atoms with Crippen LogP contribution in [0.1, 0.15) is 21.5 Å². The first-order valence-corrected chi connectivity index (χ1v) is 9.22. The van der Waals surface area contributed by atoms with Crippen LogP contribution < -0.4 is 15.4 Å². The number of carbonyl (C=O) groups excluding carboxylic acids is 2. The normalized spacial score (nSPS) is 14.6. The van der Waals surface area contributed by atoms with Crippen LogP contribution in [0.2, 0.25) is 0 Å². The van der Waals surface area contributed by atoms with E-state index in [1.54, 1.807) is 36.4 Å². The van der Waals surface area contributed by atoms with Gasteiger partial charge in [0.25, 0.3) is 11.8 Å². The Balaban J connectivity index is 1.44. The van der Waals surface area contributed by atoms with E-state index in [1.807, 2.05) is 31.2 Å². The molecule has 0 aromatic heterocycles. The summed E-state index contributed by atoms with van der Waals surface area (Å²) in [6.45, 7) is 1.81. The van der Waals surface area contributed by atoms with Gasteiger partial charge in [0.2, 0.25) is 0 Å². The van der Waals surface area contributed by atoms with Crippen LogP contribution in [0.3, 0.4) is 0 Å². The smallest absolute Gasteiger partial charge is 0.265 e. The predicted octanol–water partition coefficient (Wildman–Crippen LogP) is 4.33. The molecule has 3 aromatic rings. The maximum absolute atomic E-state index is 13.9. The summed E-state index contributed by atoms with van der Waals surface area (Å²) in [7, 11) is 0. The molecule has 1 unspecified atom stereocenters. The van der Waals surface area contributed by atoms with Crippen molar-refractivity contribution in [2.45, 2.75) is 19.4 Å². The number of nitrogens with one attached hydrogen (secondary N) is 2. The largest absolute Gasteiger partial charge is 0.480 e. The van der Waals surface area contributed by atoms with E-state index in [1.165, 1.54) is 6.07 Å². The molecule has 0 radical (unpaired) electrons. The Hall–Kier alpha value is -3.67. The molecule has 1 heterocycles. The third kappa shape index (κ3) is 4.11. The van der Waals surface area contributed by atoms with Gasteiger partial charge in [0.15, 0.2) is 6.10 Å². The Bertz CT molecular complexity index is 1070. The fourth-order valence-corrected chi connectivity index (χ4v) is 3.22. The Labute approximate surface area is 167 Å². The van der Waals surface area contributed by atoms with Gasteiger partial charge in [-0.25, -0.2) is 4.39 Å². The summed E-state index contributed by atoms with van der Waals surface area (Å²) in [5.74, 6) is -0.550. The van der Waals surface area contributed by atoms with Gasteiger partial charge in [-0.1, -0.05) is 30.3 Å². The minimum absolute atomic E-state index is 0.113. The fourth-order valence-electron chi connectivity index (χ4n) is 3.22. The molecule has 6 heteroatoms. The standard InChI is InChI=1S/C23H19FN2O3/c1-14-9-10-18(24)19(11-14)26-22(27)16-6-4-7-17(12-16)25-23(28)21-13-15-5-2-3-8-20(15)29-21/h2-12,21H,13H2,1H3,(H,25,28)(H,26,27). The van der Waals surface area contributed by atoms with Gasteiger partial charge in [-0.3, -0.25) is 9.59 Å². The summed E-state index contributed by atoms with van der Waals surface area (Å²) in [6.07, 6.45) is -0.124. The highest BCUT2D eigenvalue weighted by Crippen LogP contribution is 2.28. The summed E-state index contributed by atoms with van der Waals surface area (Å²) in [5, 5.41) is 5.34. The Kier molecular flexibility index (Phi) is 4.99. The van der Waals surface area contributed by atoms with E-state index >= 15 is 0 Å². The SMILES string of the molecule is Cc1ccc(F)c(NC(=O)c2cccc(NC(=O)C3Cc4ccccc4O3)c2)c1. The first-order chi connectivity index (χ1) is 14.0. The number of benzene rings is 3. The average Bonchev–Trinajstić information content (AvgIpc) is 3.15. The summed E-state index contributed by atoms with van der Waals surface area (Å²) >= 11 is 0. The van der Waals surface area contributed by atoms with Gasteiger partial charge in [0.1, 0.15) is 11.6 Å². The molecule has 146 valence electrons. The number of anilines is 2. The molecule has 0 saturated carbocycles. The van der Waals surface area contributed by atoms with Crippen molar-refractivity contribution in [1.82, 2.24) is 0 Å². The van der Waals surface area contributed by atoms with Crippen molar-refractivity contribution in [3.63, 3.8) is 0 Å². The molecule has 29 heavy (non-hydrogen) atoms. The van der Waals surface area contributed by atoms with Gasteiger partial charge < -0.3 is 15.4 Å². The van der Waals surface area contributed by atoms with Crippen molar-refractivity contribution >= 4 is 23.2 Å². The van der Waals surface area contributed by atoms with Crippen molar-refractivity contribution in [3.8, 4) is 5.75 Å².